The number of benzene rings is 1. The Morgan fingerprint density at radius 2 is 1.93 bits per heavy atom. The molecule has 2 heterocycles. The lowest BCUT2D eigenvalue weighted by Crippen LogP contribution is -2.31. The lowest BCUT2D eigenvalue weighted by Gasteiger charge is -2.27. The van der Waals surface area contributed by atoms with E-state index in [9.17, 15) is 19.1 Å². The highest BCUT2D eigenvalue weighted by molar-refractivity contribution is 6.09. The number of rotatable bonds is 6. The SMILES string of the molecule is CC(C)CC(=O)C1=C(O)C(=O)N(Cc2ccccn2)C1c1ccccc1F. The van der Waals surface area contributed by atoms with Gasteiger partial charge in [0.1, 0.15) is 5.82 Å². The summed E-state index contributed by atoms with van der Waals surface area (Å²) in [7, 11) is 0. The average Bonchev–Trinajstić information content (AvgIpc) is 2.87. The van der Waals surface area contributed by atoms with Gasteiger partial charge in [-0.2, -0.15) is 0 Å². The normalized spacial score (nSPS) is 17.1. The Kier molecular flexibility index (Phi) is 5.35. The number of hydrogen-bond donors (Lipinski definition) is 1. The van der Waals surface area contributed by atoms with Crippen LogP contribution in [0.1, 0.15) is 37.6 Å². The summed E-state index contributed by atoms with van der Waals surface area (Å²) >= 11 is 0. The number of nitrogens with zero attached hydrogens (tertiary/aromatic N) is 2. The van der Waals surface area contributed by atoms with Gasteiger partial charge in [0.25, 0.3) is 5.91 Å². The van der Waals surface area contributed by atoms with Crippen LogP contribution >= 0.6 is 0 Å². The number of aliphatic hydroxyl groups is 1. The molecule has 1 atom stereocenters. The molecule has 1 amide bonds. The topological polar surface area (TPSA) is 70.5 Å². The lowest BCUT2D eigenvalue weighted by atomic mass is 9.92. The molecule has 5 nitrogen and oxygen atoms in total. The maximum Gasteiger partial charge on any atom is 0.290 e. The van der Waals surface area contributed by atoms with Gasteiger partial charge in [0.2, 0.25) is 0 Å². The first kappa shape index (κ1) is 18.8. The molecule has 0 fully saturated rings. The second-order valence-electron chi connectivity index (χ2n) is 6.96. The Bertz CT molecular complexity index is 893. The van der Waals surface area contributed by atoms with Gasteiger partial charge in [0.15, 0.2) is 11.5 Å². The van der Waals surface area contributed by atoms with Gasteiger partial charge in [-0.3, -0.25) is 14.6 Å². The van der Waals surface area contributed by atoms with E-state index >= 15 is 0 Å². The number of aromatic nitrogens is 1. The molecular weight excluding hydrogens is 347 g/mol. The number of amides is 1. The van der Waals surface area contributed by atoms with E-state index in [1.54, 1.807) is 30.5 Å². The van der Waals surface area contributed by atoms with Crippen LogP contribution in [-0.2, 0) is 16.1 Å². The van der Waals surface area contributed by atoms with Gasteiger partial charge in [-0.1, -0.05) is 38.1 Å². The summed E-state index contributed by atoms with van der Waals surface area (Å²) in [5, 5.41) is 10.4. The summed E-state index contributed by atoms with van der Waals surface area (Å²) in [4.78, 5) is 31.0. The highest BCUT2D eigenvalue weighted by Crippen LogP contribution is 2.40. The van der Waals surface area contributed by atoms with Crippen molar-refractivity contribution in [2.45, 2.75) is 32.9 Å². The number of Topliss-reactive ketones (excluding diaryl/α,β-unsaturated/α-hetero) is 1. The molecule has 1 aliphatic rings. The van der Waals surface area contributed by atoms with Gasteiger partial charge in [-0.25, -0.2) is 4.39 Å². The van der Waals surface area contributed by atoms with Crippen LogP contribution in [0.15, 0.2) is 60.0 Å². The van der Waals surface area contributed by atoms with Gasteiger partial charge >= 0.3 is 0 Å². The van der Waals surface area contributed by atoms with Crippen LogP contribution < -0.4 is 0 Å². The number of carbonyl (C=O) groups excluding carboxylic acids is 2. The number of carbonyl (C=O) groups is 2. The quantitative estimate of drug-likeness (QED) is 0.843. The fourth-order valence-corrected chi connectivity index (χ4v) is 3.27. The van der Waals surface area contributed by atoms with Crippen molar-refractivity contribution in [2.75, 3.05) is 0 Å². The Hall–Kier alpha value is -3.02. The number of ketones is 1. The zero-order chi connectivity index (χ0) is 19.6. The molecule has 140 valence electrons. The average molecular weight is 368 g/mol. The number of pyridine rings is 1. The molecule has 0 radical (unpaired) electrons. The zero-order valence-electron chi connectivity index (χ0n) is 15.2. The largest absolute Gasteiger partial charge is 0.503 e. The second kappa shape index (κ2) is 7.70. The maximum absolute atomic E-state index is 14.5. The number of hydrogen-bond acceptors (Lipinski definition) is 4. The number of halogens is 1. The first-order chi connectivity index (χ1) is 12.9. The van der Waals surface area contributed by atoms with E-state index in [0.29, 0.717) is 5.69 Å². The second-order valence-corrected chi connectivity index (χ2v) is 6.96. The molecule has 2 aromatic rings. The van der Waals surface area contributed by atoms with Crippen LogP contribution in [0.4, 0.5) is 4.39 Å². The molecule has 0 saturated carbocycles. The summed E-state index contributed by atoms with van der Waals surface area (Å²) in [6.45, 7) is 3.80. The fraction of sp³-hybridized carbons (Fsp3) is 0.286. The molecule has 3 rings (SSSR count). The highest BCUT2D eigenvalue weighted by Gasteiger charge is 2.44. The molecule has 1 aromatic carbocycles. The molecule has 27 heavy (non-hydrogen) atoms. The number of aliphatic hydroxyl groups excluding tert-OH is 1. The molecule has 0 saturated heterocycles. The Morgan fingerprint density at radius 3 is 2.56 bits per heavy atom. The summed E-state index contributed by atoms with van der Waals surface area (Å²) in [5.41, 5.74) is 0.713. The van der Waals surface area contributed by atoms with Crippen LogP contribution in [0.5, 0.6) is 0 Å². The molecular formula is C21H21FN2O3. The minimum atomic E-state index is -0.980. The van der Waals surface area contributed by atoms with Crippen LogP contribution in [0.25, 0.3) is 0 Å². The first-order valence-corrected chi connectivity index (χ1v) is 8.81. The van der Waals surface area contributed by atoms with E-state index in [1.165, 1.54) is 23.1 Å². The van der Waals surface area contributed by atoms with Gasteiger partial charge in [0, 0.05) is 18.2 Å². The van der Waals surface area contributed by atoms with E-state index in [-0.39, 0.29) is 35.8 Å². The third-order valence-electron chi connectivity index (χ3n) is 4.46. The molecule has 1 unspecified atom stereocenters. The predicted molar refractivity (Wildman–Crippen MR) is 98.0 cm³/mol. The zero-order valence-corrected chi connectivity index (χ0v) is 15.2. The molecule has 6 heteroatoms. The lowest BCUT2D eigenvalue weighted by molar-refractivity contribution is -0.130. The predicted octanol–water partition coefficient (Wildman–Crippen LogP) is 3.73. The first-order valence-electron chi connectivity index (χ1n) is 8.81. The van der Waals surface area contributed by atoms with Crippen LogP contribution in [-0.4, -0.2) is 26.7 Å². The van der Waals surface area contributed by atoms with Crippen molar-refractivity contribution in [1.82, 2.24) is 9.88 Å². The minimum Gasteiger partial charge on any atom is -0.503 e. The summed E-state index contributed by atoms with van der Waals surface area (Å²) in [5.74, 6) is -2.15. The molecule has 1 aromatic heterocycles. The van der Waals surface area contributed by atoms with E-state index in [1.807, 2.05) is 13.8 Å². The molecule has 0 bridgehead atoms. The third-order valence-corrected chi connectivity index (χ3v) is 4.46. The van der Waals surface area contributed by atoms with Crippen molar-refractivity contribution in [3.05, 3.63) is 77.1 Å². The molecule has 1 aliphatic heterocycles. The third kappa shape index (κ3) is 3.74. The molecule has 1 N–H and O–H groups in total. The monoisotopic (exact) mass is 368 g/mol. The standard InChI is InChI=1S/C21H21FN2O3/c1-13(2)11-17(25)18-19(15-8-3-4-9-16(15)22)24(21(27)20(18)26)12-14-7-5-6-10-23-14/h3-10,13,19,26H,11-12H2,1-2H3. The van der Waals surface area contributed by atoms with Gasteiger partial charge < -0.3 is 10.0 Å². The van der Waals surface area contributed by atoms with Crippen molar-refractivity contribution in [3.63, 3.8) is 0 Å². The Labute approximate surface area is 157 Å². The van der Waals surface area contributed by atoms with Crippen molar-refractivity contribution in [2.24, 2.45) is 5.92 Å². The van der Waals surface area contributed by atoms with Crippen molar-refractivity contribution < 1.29 is 19.1 Å². The Morgan fingerprint density at radius 1 is 1.22 bits per heavy atom. The fourth-order valence-electron chi connectivity index (χ4n) is 3.27. The summed E-state index contributed by atoms with van der Waals surface area (Å²) < 4.78 is 14.5. The van der Waals surface area contributed by atoms with E-state index < -0.39 is 23.5 Å². The van der Waals surface area contributed by atoms with Crippen molar-refractivity contribution >= 4 is 11.7 Å². The van der Waals surface area contributed by atoms with E-state index in [2.05, 4.69) is 4.98 Å². The highest BCUT2D eigenvalue weighted by atomic mass is 19.1. The summed E-state index contributed by atoms with van der Waals surface area (Å²) in [6.07, 6.45) is 1.75. The van der Waals surface area contributed by atoms with Gasteiger partial charge in [0.05, 0.1) is 23.9 Å². The van der Waals surface area contributed by atoms with Crippen LogP contribution in [0.2, 0.25) is 0 Å². The molecule has 0 spiro atoms. The van der Waals surface area contributed by atoms with Gasteiger partial charge in [-0.05, 0) is 24.1 Å². The molecule has 0 aliphatic carbocycles. The van der Waals surface area contributed by atoms with Crippen LogP contribution in [0, 0.1) is 11.7 Å². The van der Waals surface area contributed by atoms with Crippen molar-refractivity contribution in [3.8, 4) is 0 Å². The van der Waals surface area contributed by atoms with Crippen molar-refractivity contribution in [1.29, 1.82) is 0 Å². The van der Waals surface area contributed by atoms with E-state index in [4.69, 9.17) is 0 Å². The minimum absolute atomic E-state index is 0.0408. The van der Waals surface area contributed by atoms with E-state index in [0.717, 1.165) is 0 Å². The smallest absolute Gasteiger partial charge is 0.290 e. The van der Waals surface area contributed by atoms with Gasteiger partial charge in [-0.15, -0.1) is 0 Å². The maximum atomic E-state index is 14.5. The van der Waals surface area contributed by atoms with Crippen LogP contribution in [0.3, 0.4) is 0 Å². The Balaban J connectivity index is 2.07. The summed E-state index contributed by atoms with van der Waals surface area (Å²) in [6, 6.07) is 10.3.